The molecule has 0 heterocycles. The largest absolute Gasteiger partial charge is 0.494 e. The van der Waals surface area contributed by atoms with Gasteiger partial charge in [-0.25, -0.2) is 8.78 Å². The van der Waals surface area contributed by atoms with E-state index in [4.69, 9.17) is 4.74 Å². The van der Waals surface area contributed by atoms with Crippen LogP contribution in [0.15, 0.2) is 24.3 Å². The van der Waals surface area contributed by atoms with Gasteiger partial charge in [0.05, 0.1) is 18.1 Å². The van der Waals surface area contributed by atoms with Crippen molar-refractivity contribution in [3.8, 4) is 5.75 Å². The molecule has 0 saturated heterocycles. The normalized spacial score (nSPS) is 16.2. The molecule has 0 fully saturated rings. The van der Waals surface area contributed by atoms with Crippen LogP contribution in [0, 0.1) is 5.92 Å². The molecule has 2 unspecified atom stereocenters. The SMILES string of the molecule is CCCOc1ccc(C(O)(CC)C(C)C(F)F)cc1. The second-order valence-electron chi connectivity index (χ2n) is 4.77. The summed E-state index contributed by atoms with van der Waals surface area (Å²) in [5.41, 5.74) is -0.996. The monoisotopic (exact) mass is 272 g/mol. The van der Waals surface area contributed by atoms with Crippen LogP contribution in [-0.4, -0.2) is 18.1 Å². The molecule has 4 heteroatoms. The van der Waals surface area contributed by atoms with Crippen LogP contribution in [0.1, 0.15) is 39.2 Å². The summed E-state index contributed by atoms with van der Waals surface area (Å²) in [5, 5.41) is 10.5. The van der Waals surface area contributed by atoms with Crippen LogP contribution in [0.3, 0.4) is 0 Å². The first-order valence-corrected chi connectivity index (χ1v) is 6.69. The lowest BCUT2D eigenvalue weighted by Gasteiger charge is -2.33. The predicted octanol–water partition coefficient (Wildman–Crippen LogP) is 3.97. The number of ether oxygens (including phenoxy) is 1. The van der Waals surface area contributed by atoms with Gasteiger partial charge in [-0.3, -0.25) is 0 Å². The summed E-state index contributed by atoms with van der Waals surface area (Å²) < 4.78 is 31.1. The van der Waals surface area contributed by atoms with Gasteiger partial charge >= 0.3 is 0 Å². The number of halogens is 2. The van der Waals surface area contributed by atoms with Gasteiger partial charge in [0, 0.05) is 0 Å². The zero-order chi connectivity index (χ0) is 14.5. The average molecular weight is 272 g/mol. The molecular weight excluding hydrogens is 250 g/mol. The maximum absolute atomic E-state index is 12.9. The molecule has 2 atom stereocenters. The first kappa shape index (κ1) is 15.9. The standard InChI is InChI=1S/C15H22F2O2/c1-4-10-19-13-8-6-12(7-9-13)15(18,5-2)11(3)14(16)17/h6-9,11,14,18H,4-5,10H2,1-3H3. The molecule has 0 spiro atoms. The molecule has 1 aromatic rings. The Kier molecular flexibility index (Phi) is 5.73. The molecular formula is C15H22F2O2. The van der Waals surface area contributed by atoms with Crippen molar-refractivity contribution in [1.82, 2.24) is 0 Å². The molecule has 0 aliphatic rings. The molecule has 0 aliphatic carbocycles. The van der Waals surface area contributed by atoms with Crippen molar-refractivity contribution in [1.29, 1.82) is 0 Å². The highest BCUT2D eigenvalue weighted by atomic mass is 19.3. The minimum absolute atomic E-state index is 0.244. The molecule has 1 aromatic carbocycles. The molecule has 0 saturated carbocycles. The highest BCUT2D eigenvalue weighted by Gasteiger charge is 2.39. The van der Waals surface area contributed by atoms with Gasteiger partial charge in [-0.05, 0) is 30.5 Å². The van der Waals surface area contributed by atoms with E-state index in [1.165, 1.54) is 6.92 Å². The van der Waals surface area contributed by atoms with Crippen LogP contribution in [0.25, 0.3) is 0 Å². The first-order chi connectivity index (χ1) is 8.95. The highest BCUT2D eigenvalue weighted by Crippen LogP contribution is 2.37. The van der Waals surface area contributed by atoms with E-state index < -0.39 is 17.9 Å². The molecule has 1 rings (SSSR count). The third-order valence-electron chi connectivity index (χ3n) is 3.50. The Balaban J connectivity index is 2.93. The molecule has 0 aromatic heterocycles. The smallest absolute Gasteiger partial charge is 0.244 e. The van der Waals surface area contributed by atoms with Crippen molar-refractivity contribution in [2.45, 2.75) is 45.6 Å². The van der Waals surface area contributed by atoms with Gasteiger partial charge in [0.25, 0.3) is 0 Å². The third-order valence-corrected chi connectivity index (χ3v) is 3.50. The molecule has 1 N–H and O–H groups in total. The lowest BCUT2D eigenvalue weighted by Crippen LogP contribution is -2.36. The van der Waals surface area contributed by atoms with Crippen LogP contribution in [0.4, 0.5) is 8.78 Å². The molecule has 0 bridgehead atoms. The summed E-state index contributed by atoms with van der Waals surface area (Å²) in [6.07, 6.45) is -1.41. The lowest BCUT2D eigenvalue weighted by molar-refractivity contribution is -0.0847. The Morgan fingerprint density at radius 3 is 2.21 bits per heavy atom. The summed E-state index contributed by atoms with van der Waals surface area (Å²) in [7, 11) is 0. The molecule has 2 nitrogen and oxygen atoms in total. The van der Waals surface area contributed by atoms with Gasteiger partial charge in [-0.15, -0.1) is 0 Å². The molecule has 19 heavy (non-hydrogen) atoms. The van der Waals surface area contributed by atoms with E-state index in [0.717, 1.165) is 6.42 Å². The Labute approximate surface area is 113 Å². The number of rotatable bonds is 7. The fraction of sp³-hybridized carbons (Fsp3) is 0.600. The summed E-state index contributed by atoms with van der Waals surface area (Å²) in [4.78, 5) is 0. The van der Waals surface area contributed by atoms with E-state index in [2.05, 4.69) is 0 Å². The average Bonchev–Trinajstić information content (AvgIpc) is 2.43. The van der Waals surface area contributed by atoms with Gasteiger partial charge in [-0.2, -0.15) is 0 Å². The number of aliphatic hydroxyl groups is 1. The predicted molar refractivity (Wildman–Crippen MR) is 71.6 cm³/mol. The zero-order valence-corrected chi connectivity index (χ0v) is 11.7. The van der Waals surface area contributed by atoms with E-state index >= 15 is 0 Å². The maximum atomic E-state index is 12.9. The Hall–Kier alpha value is -1.16. The van der Waals surface area contributed by atoms with E-state index in [9.17, 15) is 13.9 Å². The van der Waals surface area contributed by atoms with Crippen LogP contribution in [0.2, 0.25) is 0 Å². The summed E-state index contributed by atoms with van der Waals surface area (Å²) in [6, 6.07) is 6.74. The van der Waals surface area contributed by atoms with Crippen LogP contribution in [-0.2, 0) is 5.60 Å². The summed E-state index contributed by atoms with van der Waals surface area (Å²) >= 11 is 0. The minimum atomic E-state index is -2.55. The van der Waals surface area contributed by atoms with E-state index in [0.29, 0.717) is 17.9 Å². The summed E-state index contributed by atoms with van der Waals surface area (Å²) in [5.74, 6) is -0.423. The Bertz CT molecular complexity index is 378. The van der Waals surface area contributed by atoms with E-state index in [1.807, 2.05) is 6.92 Å². The van der Waals surface area contributed by atoms with Crippen LogP contribution >= 0.6 is 0 Å². The number of hydrogen-bond acceptors (Lipinski definition) is 2. The van der Waals surface area contributed by atoms with E-state index in [-0.39, 0.29) is 6.42 Å². The summed E-state index contributed by atoms with van der Waals surface area (Å²) in [6.45, 7) is 5.70. The number of alkyl halides is 2. The van der Waals surface area contributed by atoms with E-state index in [1.54, 1.807) is 31.2 Å². The van der Waals surface area contributed by atoms with Gasteiger partial charge in [0.2, 0.25) is 6.43 Å². The Morgan fingerprint density at radius 2 is 1.79 bits per heavy atom. The number of benzene rings is 1. The fourth-order valence-electron chi connectivity index (χ4n) is 2.06. The second-order valence-corrected chi connectivity index (χ2v) is 4.77. The number of hydrogen-bond donors (Lipinski definition) is 1. The zero-order valence-electron chi connectivity index (χ0n) is 11.7. The second kappa shape index (κ2) is 6.85. The molecule has 0 amide bonds. The van der Waals surface area contributed by atoms with Crippen molar-refractivity contribution in [3.63, 3.8) is 0 Å². The first-order valence-electron chi connectivity index (χ1n) is 6.69. The minimum Gasteiger partial charge on any atom is -0.494 e. The van der Waals surface area contributed by atoms with Crippen molar-refractivity contribution < 1.29 is 18.6 Å². The van der Waals surface area contributed by atoms with Gasteiger partial charge in [-0.1, -0.05) is 32.9 Å². The molecule has 0 radical (unpaired) electrons. The van der Waals surface area contributed by atoms with Crippen LogP contribution < -0.4 is 4.74 Å². The Morgan fingerprint density at radius 1 is 1.21 bits per heavy atom. The maximum Gasteiger partial charge on any atom is 0.244 e. The van der Waals surface area contributed by atoms with Crippen molar-refractivity contribution in [3.05, 3.63) is 29.8 Å². The van der Waals surface area contributed by atoms with Crippen molar-refractivity contribution in [2.24, 2.45) is 5.92 Å². The lowest BCUT2D eigenvalue weighted by atomic mass is 9.80. The molecule has 0 aliphatic heterocycles. The van der Waals surface area contributed by atoms with Crippen LogP contribution in [0.5, 0.6) is 5.75 Å². The molecule has 108 valence electrons. The van der Waals surface area contributed by atoms with Gasteiger partial charge < -0.3 is 9.84 Å². The fourth-order valence-corrected chi connectivity index (χ4v) is 2.06. The highest BCUT2D eigenvalue weighted by molar-refractivity contribution is 5.31. The topological polar surface area (TPSA) is 29.5 Å². The quantitative estimate of drug-likeness (QED) is 0.813. The van der Waals surface area contributed by atoms with Crippen molar-refractivity contribution >= 4 is 0 Å². The van der Waals surface area contributed by atoms with Crippen molar-refractivity contribution in [2.75, 3.05) is 6.61 Å². The van der Waals surface area contributed by atoms with Gasteiger partial charge in [0.1, 0.15) is 5.75 Å². The van der Waals surface area contributed by atoms with Gasteiger partial charge in [0.15, 0.2) is 0 Å². The third kappa shape index (κ3) is 3.66.